The van der Waals surface area contributed by atoms with E-state index in [4.69, 9.17) is 0 Å². The van der Waals surface area contributed by atoms with Crippen LogP contribution < -0.4 is 0 Å². The van der Waals surface area contributed by atoms with Crippen LogP contribution in [0, 0.1) is 6.92 Å². The van der Waals surface area contributed by atoms with Crippen molar-refractivity contribution in [2.75, 3.05) is 0 Å². The van der Waals surface area contributed by atoms with Crippen LogP contribution in [0.4, 0.5) is 0 Å². The molecular weight excluding hydrogens is 84.1 g/mol. The molecule has 0 aliphatic carbocycles. The minimum atomic E-state index is 0.965. The normalized spacial score (nSPS) is 12.1. The Morgan fingerprint density at radius 3 is 2.29 bits per heavy atom. The molecule has 0 heteroatoms. The van der Waals surface area contributed by atoms with Crippen molar-refractivity contribution in [3.63, 3.8) is 0 Å². The van der Waals surface area contributed by atoms with E-state index in [-0.39, 0.29) is 0 Å². The number of rotatable bonds is 2. The third kappa shape index (κ3) is 2.44. The van der Waals surface area contributed by atoms with Crippen molar-refractivity contribution in [3.05, 3.63) is 18.6 Å². The maximum absolute atomic E-state index is 3.76. The maximum Gasteiger partial charge on any atom is -0.0320 e. The highest BCUT2D eigenvalue weighted by atomic mass is 13.9. The summed E-state index contributed by atoms with van der Waals surface area (Å²) in [6.45, 7) is 7.97. The first kappa shape index (κ1) is 6.74. The summed E-state index contributed by atoms with van der Waals surface area (Å²) < 4.78 is 0. The van der Waals surface area contributed by atoms with Gasteiger partial charge in [0.25, 0.3) is 0 Å². The molecule has 0 aromatic heterocycles. The average Bonchev–Trinajstić information content (AvgIpc) is 1.72. The third-order valence-electron chi connectivity index (χ3n) is 1.18. The van der Waals surface area contributed by atoms with Crippen LogP contribution in [0.3, 0.4) is 0 Å². The number of hydrogen-bond donors (Lipinski definition) is 0. The van der Waals surface area contributed by atoms with Gasteiger partial charge in [-0.25, -0.2) is 0 Å². The Hall–Kier alpha value is -0.260. The van der Waals surface area contributed by atoms with Gasteiger partial charge in [-0.05, 0) is 26.7 Å². The van der Waals surface area contributed by atoms with Gasteiger partial charge in [0.05, 0.1) is 0 Å². The zero-order valence-electron chi connectivity index (χ0n) is 5.20. The van der Waals surface area contributed by atoms with E-state index in [9.17, 15) is 0 Å². The van der Waals surface area contributed by atoms with E-state index in [1.807, 2.05) is 0 Å². The minimum absolute atomic E-state index is 0.965. The fraction of sp³-hybridized carbons (Fsp3) is 0.571. The zero-order valence-corrected chi connectivity index (χ0v) is 5.20. The van der Waals surface area contributed by atoms with Gasteiger partial charge in [0.2, 0.25) is 0 Å². The monoisotopic (exact) mass is 97.1 g/mol. The van der Waals surface area contributed by atoms with Crippen LogP contribution in [-0.4, -0.2) is 0 Å². The van der Waals surface area contributed by atoms with E-state index < -0.39 is 0 Å². The Kier molecular flexibility index (Phi) is 3.77. The first-order valence-electron chi connectivity index (χ1n) is 2.78. The van der Waals surface area contributed by atoms with Gasteiger partial charge < -0.3 is 0 Å². The molecule has 7 heavy (non-hydrogen) atoms. The smallest absolute Gasteiger partial charge is 0.0320 e. The van der Waals surface area contributed by atoms with Gasteiger partial charge in [0.15, 0.2) is 0 Å². The first-order valence-corrected chi connectivity index (χ1v) is 2.78. The van der Waals surface area contributed by atoms with Gasteiger partial charge in [-0.3, -0.25) is 0 Å². The first-order chi connectivity index (χ1) is 3.35. The molecule has 0 unspecified atom stereocenters. The quantitative estimate of drug-likeness (QED) is 0.464. The second kappa shape index (κ2) is 3.91. The molecular formula is C7H13. The zero-order chi connectivity index (χ0) is 5.70. The second-order valence-electron chi connectivity index (χ2n) is 1.55. The summed E-state index contributed by atoms with van der Waals surface area (Å²) >= 11 is 0. The Labute approximate surface area is 46.2 Å². The van der Waals surface area contributed by atoms with Gasteiger partial charge in [-0.2, -0.15) is 0 Å². The van der Waals surface area contributed by atoms with Crippen LogP contribution in [0.2, 0.25) is 0 Å². The molecule has 0 bridgehead atoms. The van der Waals surface area contributed by atoms with Gasteiger partial charge in [0, 0.05) is 0 Å². The lowest BCUT2D eigenvalue weighted by molar-refractivity contribution is 1.02. The highest BCUT2D eigenvalue weighted by molar-refractivity contribution is 4.99. The molecule has 0 saturated heterocycles. The summed E-state index contributed by atoms with van der Waals surface area (Å²) in [6, 6.07) is 0. The molecule has 0 atom stereocenters. The average molecular weight is 97.2 g/mol. The molecule has 41 valence electrons. The van der Waals surface area contributed by atoms with Crippen molar-refractivity contribution in [1.29, 1.82) is 0 Å². The molecule has 0 aromatic rings. The number of hydrogen-bond acceptors (Lipinski definition) is 0. The molecule has 0 amide bonds. The van der Waals surface area contributed by atoms with E-state index in [0.717, 1.165) is 12.8 Å². The van der Waals surface area contributed by atoms with E-state index in [2.05, 4.69) is 26.8 Å². The molecule has 0 aliphatic rings. The van der Waals surface area contributed by atoms with Gasteiger partial charge in [0.1, 0.15) is 0 Å². The standard InChI is InChI=1S/C7H13/c1-4-7(5-2)6-3/h5H,1,4,6H2,2-3H3. The van der Waals surface area contributed by atoms with E-state index in [1.165, 1.54) is 5.57 Å². The second-order valence-corrected chi connectivity index (χ2v) is 1.55. The maximum atomic E-state index is 3.76. The molecule has 0 saturated carbocycles. The molecule has 0 N–H and O–H groups in total. The van der Waals surface area contributed by atoms with Crippen LogP contribution in [0.15, 0.2) is 11.6 Å². The lowest BCUT2D eigenvalue weighted by Crippen LogP contribution is -1.72. The predicted molar refractivity (Wildman–Crippen MR) is 34.0 cm³/mol. The Balaban J connectivity index is 3.38. The van der Waals surface area contributed by atoms with Crippen molar-refractivity contribution in [2.24, 2.45) is 0 Å². The molecule has 0 nitrogen and oxygen atoms in total. The Morgan fingerprint density at radius 2 is 2.29 bits per heavy atom. The van der Waals surface area contributed by atoms with Crippen molar-refractivity contribution in [1.82, 2.24) is 0 Å². The third-order valence-corrected chi connectivity index (χ3v) is 1.18. The Bertz CT molecular complexity index is 54.4. The minimum Gasteiger partial charge on any atom is -0.0885 e. The molecule has 0 spiro atoms. The van der Waals surface area contributed by atoms with Crippen molar-refractivity contribution in [3.8, 4) is 0 Å². The predicted octanol–water partition coefficient (Wildman–Crippen LogP) is 2.57. The van der Waals surface area contributed by atoms with Crippen LogP contribution in [-0.2, 0) is 0 Å². The molecule has 0 fully saturated rings. The largest absolute Gasteiger partial charge is 0.0885 e. The van der Waals surface area contributed by atoms with Gasteiger partial charge in [-0.1, -0.05) is 18.6 Å². The van der Waals surface area contributed by atoms with E-state index in [1.54, 1.807) is 0 Å². The topological polar surface area (TPSA) is 0 Å². The lowest BCUT2D eigenvalue weighted by atomic mass is 10.1. The van der Waals surface area contributed by atoms with Gasteiger partial charge in [-0.15, -0.1) is 0 Å². The van der Waals surface area contributed by atoms with Crippen LogP contribution in [0.5, 0.6) is 0 Å². The SMILES string of the molecule is [CH2]CC(=CC)CC. The summed E-state index contributed by atoms with van der Waals surface area (Å²) in [5.74, 6) is 0. The number of allylic oxidation sites excluding steroid dienone is 2. The molecule has 0 aliphatic heterocycles. The van der Waals surface area contributed by atoms with Crippen molar-refractivity contribution >= 4 is 0 Å². The molecule has 0 heterocycles. The summed E-state index contributed by atoms with van der Waals surface area (Å²) in [5.41, 5.74) is 1.44. The summed E-state index contributed by atoms with van der Waals surface area (Å²) in [7, 11) is 0. The van der Waals surface area contributed by atoms with Crippen molar-refractivity contribution in [2.45, 2.75) is 26.7 Å². The lowest BCUT2D eigenvalue weighted by Gasteiger charge is -1.93. The fourth-order valence-electron chi connectivity index (χ4n) is 0.525. The Morgan fingerprint density at radius 1 is 1.71 bits per heavy atom. The summed E-state index contributed by atoms with van der Waals surface area (Å²) in [4.78, 5) is 0. The van der Waals surface area contributed by atoms with Gasteiger partial charge >= 0.3 is 0 Å². The van der Waals surface area contributed by atoms with E-state index in [0.29, 0.717) is 0 Å². The highest BCUT2D eigenvalue weighted by Crippen LogP contribution is 2.02. The van der Waals surface area contributed by atoms with Crippen LogP contribution in [0.25, 0.3) is 0 Å². The van der Waals surface area contributed by atoms with E-state index >= 15 is 0 Å². The van der Waals surface area contributed by atoms with Crippen LogP contribution >= 0.6 is 0 Å². The summed E-state index contributed by atoms with van der Waals surface area (Å²) in [5, 5.41) is 0. The van der Waals surface area contributed by atoms with Crippen LogP contribution in [0.1, 0.15) is 26.7 Å². The molecule has 0 rings (SSSR count). The molecule has 1 radical (unpaired) electrons. The summed E-state index contributed by atoms with van der Waals surface area (Å²) in [6.07, 6.45) is 4.25. The van der Waals surface area contributed by atoms with Crippen molar-refractivity contribution < 1.29 is 0 Å². The highest BCUT2D eigenvalue weighted by Gasteiger charge is 1.82. The fourth-order valence-corrected chi connectivity index (χ4v) is 0.525. The molecule has 0 aromatic carbocycles.